The minimum atomic E-state index is 0.407. The fourth-order valence-electron chi connectivity index (χ4n) is 2.29. The maximum atomic E-state index is 5.95. The van der Waals surface area contributed by atoms with E-state index >= 15 is 0 Å². The highest BCUT2D eigenvalue weighted by Crippen LogP contribution is 2.42. The van der Waals surface area contributed by atoms with Gasteiger partial charge >= 0.3 is 0 Å². The first-order valence-corrected chi connectivity index (χ1v) is 6.78. The van der Waals surface area contributed by atoms with Crippen molar-refractivity contribution in [1.82, 2.24) is 0 Å². The normalized spacial score (nSPS) is 16.3. The highest BCUT2D eigenvalue weighted by molar-refractivity contribution is 6.30. The van der Waals surface area contributed by atoms with E-state index in [2.05, 4.69) is 41.7 Å². The van der Waals surface area contributed by atoms with Crippen LogP contribution in [0.5, 0.6) is 0 Å². The van der Waals surface area contributed by atoms with Gasteiger partial charge in [-0.05, 0) is 48.6 Å². The molecule has 3 rings (SSSR count). The summed E-state index contributed by atoms with van der Waals surface area (Å²) in [6, 6.07) is 19.0. The van der Waals surface area contributed by atoms with E-state index in [1.807, 2.05) is 18.2 Å². The van der Waals surface area contributed by atoms with Gasteiger partial charge in [0.1, 0.15) is 0 Å². The van der Waals surface area contributed by atoms with Crippen LogP contribution in [0.4, 0.5) is 5.69 Å². The predicted molar refractivity (Wildman–Crippen MR) is 77.0 cm³/mol. The van der Waals surface area contributed by atoms with E-state index in [-0.39, 0.29) is 0 Å². The van der Waals surface area contributed by atoms with Gasteiger partial charge in [-0.15, -0.1) is 0 Å². The number of halogens is 1. The van der Waals surface area contributed by atoms with Crippen molar-refractivity contribution < 1.29 is 0 Å². The van der Waals surface area contributed by atoms with E-state index in [0.29, 0.717) is 6.04 Å². The second-order valence-electron chi connectivity index (χ2n) is 4.88. The minimum Gasteiger partial charge on any atom is -0.378 e. The summed E-state index contributed by atoms with van der Waals surface area (Å²) in [7, 11) is 0. The molecule has 18 heavy (non-hydrogen) atoms. The van der Waals surface area contributed by atoms with Gasteiger partial charge in [0.2, 0.25) is 0 Å². The molecule has 2 aromatic carbocycles. The monoisotopic (exact) mass is 257 g/mol. The van der Waals surface area contributed by atoms with Crippen LogP contribution in [0.2, 0.25) is 5.02 Å². The second-order valence-corrected chi connectivity index (χ2v) is 5.31. The molecule has 0 radical (unpaired) electrons. The Bertz CT molecular complexity index is 502. The molecule has 0 heterocycles. The van der Waals surface area contributed by atoms with Crippen molar-refractivity contribution in [3.8, 4) is 0 Å². The third-order valence-electron chi connectivity index (χ3n) is 3.42. The van der Waals surface area contributed by atoms with Crippen LogP contribution in [-0.4, -0.2) is 0 Å². The first kappa shape index (κ1) is 11.6. The lowest BCUT2D eigenvalue weighted by Crippen LogP contribution is -2.12. The Morgan fingerprint density at radius 2 is 1.61 bits per heavy atom. The zero-order valence-corrected chi connectivity index (χ0v) is 10.9. The molecule has 0 saturated heterocycles. The first-order chi connectivity index (χ1) is 8.83. The average Bonchev–Trinajstić information content (AvgIpc) is 3.23. The van der Waals surface area contributed by atoms with E-state index < -0.39 is 0 Å². The van der Waals surface area contributed by atoms with Crippen LogP contribution in [0.3, 0.4) is 0 Å². The molecular weight excluding hydrogens is 242 g/mol. The minimum absolute atomic E-state index is 0.407. The van der Waals surface area contributed by atoms with Gasteiger partial charge in [0.25, 0.3) is 0 Å². The third kappa shape index (κ3) is 2.68. The molecule has 1 N–H and O–H groups in total. The summed E-state index contributed by atoms with van der Waals surface area (Å²) >= 11 is 5.95. The quantitative estimate of drug-likeness (QED) is 0.821. The molecule has 1 aliphatic rings. The lowest BCUT2D eigenvalue weighted by atomic mass is 10.0. The molecule has 1 nitrogen and oxygen atoms in total. The fourth-order valence-corrected chi connectivity index (χ4v) is 2.41. The van der Waals surface area contributed by atoms with Crippen molar-refractivity contribution in [2.75, 3.05) is 5.32 Å². The van der Waals surface area contributed by atoms with Gasteiger partial charge < -0.3 is 5.32 Å². The highest BCUT2D eigenvalue weighted by Gasteiger charge is 2.32. The van der Waals surface area contributed by atoms with Gasteiger partial charge in [0.05, 0.1) is 6.04 Å². The van der Waals surface area contributed by atoms with Crippen LogP contribution in [0, 0.1) is 5.92 Å². The molecule has 2 aromatic rings. The average molecular weight is 258 g/mol. The van der Waals surface area contributed by atoms with Crippen molar-refractivity contribution >= 4 is 17.3 Å². The molecule has 0 aromatic heterocycles. The van der Waals surface area contributed by atoms with Crippen molar-refractivity contribution in [3.05, 3.63) is 65.2 Å². The molecule has 1 unspecified atom stereocenters. The topological polar surface area (TPSA) is 12.0 Å². The molecule has 1 fully saturated rings. The zero-order valence-electron chi connectivity index (χ0n) is 10.1. The summed E-state index contributed by atoms with van der Waals surface area (Å²) in [4.78, 5) is 0. The van der Waals surface area contributed by atoms with E-state index in [9.17, 15) is 0 Å². The van der Waals surface area contributed by atoms with Gasteiger partial charge in [-0.25, -0.2) is 0 Å². The number of para-hydroxylation sites is 1. The SMILES string of the molecule is Clc1ccc(C(Nc2ccccc2)C2CC2)cc1. The fraction of sp³-hybridized carbons (Fsp3) is 0.250. The lowest BCUT2D eigenvalue weighted by molar-refractivity contribution is 0.679. The lowest BCUT2D eigenvalue weighted by Gasteiger charge is -2.20. The largest absolute Gasteiger partial charge is 0.378 e. The van der Waals surface area contributed by atoms with Crippen molar-refractivity contribution in [3.63, 3.8) is 0 Å². The number of hydrogen-bond acceptors (Lipinski definition) is 1. The predicted octanol–water partition coefficient (Wildman–Crippen LogP) is 4.90. The Hall–Kier alpha value is -1.47. The Balaban J connectivity index is 1.82. The molecule has 92 valence electrons. The van der Waals surface area contributed by atoms with Crippen LogP contribution >= 0.6 is 11.6 Å². The Kier molecular flexibility index (Phi) is 3.24. The van der Waals surface area contributed by atoms with Crippen LogP contribution < -0.4 is 5.32 Å². The second kappa shape index (κ2) is 5.03. The number of nitrogens with one attached hydrogen (secondary N) is 1. The maximum absolute atomic E-state index is 5.95. The smallest absolute Gasteiger partial charge is 0.0542 e. The first-order valence-electron chi connectivity index (χ1n) is 6.40. The van der Waals surface area contributed by atoms with Gasteiger partial charge in [-0.3, -0.25) is 0 Å². The number of anilines is 1. The molecule has 0 aliphatic heterocycles. The van der Waals surface area contributed by atoms with Gasteiger partial charge in [0.15, 0.2) is 0 Å². The van der Waals surface area contributed by atoms with Gasteiger partial charge in [-0.2, -0.15) is 0 Å². The van der Waals surface area contributed by atoms with Crippen LogP contribution in [0.25, 0.3) is 0 Å². The summed E-state index contributed by atoms with van der Waals surface area (Å²) in [5, 5.41) is 4.43. The summed E-state index contributed by atoms with van der Waals surface area (Å²) in [6.07, 6.45) is 2.63. The Morgan fingerprint density at radius 3 is 2.22 bits per heavy atom. The maximum Gasteiger partial charge on any atom is 0.0542 e. The number of rotatable bonds is 4. The number of hydrogen-bond donors (Lipinski definition) is 1. The summed E-state index contributed by atoms with van der Waals surface area (Å²) in [6.45, 7) is 0. The Morgan fingerprint density at radius 1 is 0.944 bits per heavy atom. The van der Waals surface area contributed by atoms with Crippen molar-refractivity contribution in [1.29, 1.82) is 0 Å². The molecule has 0 amide bonds. The highest BCUT2D eigenvalue weighted by atomic mass is 35.5. The van der Waals surface area contributed by atoms with E-state index in [1.54, 1.807) is 0 Å². The van der Waals surface area contributed by atoms with Gasteiger partial charge in [0, 0.05) is 10.7 Å². The molecule has 1 atom stereocenters. The molecular formula is C16H16ClN. The molecule has 1 saturated carbocycles. The summed E-state index contributed by atoms with van der Waals surface area (Å²) < 4.78 is 0. The van der Waals surface area contributed by atoms with Crippen LogP contribution in [0.15, 0.2) is 54.6 Å². The third-order valence-corrected chi connectivity index (χ3v) is 3.67. The number of benzene rings is 2. The van der Waals surface area contributed by atoms with Crippen molar-refractivity contribution in [2.45, 2.75) is 18.9 Å². The Labute approximate surface area is 113 Å². The standard InChI is InChI=1S/C16H16ClN/c17-14-10-8-13(9-11-14)16(12-6-7-12)18-15-4-2-1-3-5-15/h1-5,8-12,16,18H,6-7H2. The van der Waals surface area contributed by atoms with Crippen LogP contribution in [-0.2, 0) is 0 Å². The van der Waals surface area contributed by atoms with Crippen LogP contribution in [0.1, 0.15) is 24.4 Å². The van der Waals surface area contributed by atoms with Crippen molar-refractivity contribution in [2.24, 2.45) is 5.92 Å². The summed E-state index contributed by atoms with van der Waals surface area (Å²) in [5.41, 5.74) is 2.51. The molecule has 0 bridgehead atoms. The summed E-state index contributed by atoms with van der Waals surface area (Å²) in [5.74, 6) is 0.756. The molecule has 1 aliphatic carbocycles. The zero-order chi connectivity index (χ0) is 12.4. The molecule has 0 spiro atoms. The molecule has 2 heteroatoms. The van der Waals surface area contributed by atoms with E-state index in [4.69, 9.17) is 11.6 Å². The van der Waals surface area contributed by atoms with E-state index in [1.165, 1.54) is 24.1 Å². The van der Waals surface area contributed by atoms with E-state index in [0.717, 1.165) is 10.9 Å². The van der Waals surface area contributed by atoms with Gasteiger partial charge in [-0.1, -0.05) is 41.9 Å².